The molecular formula is C24H29N3O4. The molecule has 0 bridgehead atoms. The molecule has 1 heterocycles. The molecule has 1 atom stereocenters. The molecule has 0 aliphatic rings. The van der Waals surface area contributed by atoms with Crippen LogP contribution in [-0.2, 0) is 14.3 Å². The summed E-state index contributed by atoms with van der Waals surface area (Å²) in [6.45, 7) is 9.26. The SMILES string of the molecule is COc1ccc(-n2c(C)cc(/C=C(\C#N)C(=O)OCC(=O)NC(C)C(C)C)c2C)cc1. The number of aromatic nitrogens is 1. The number of carbonyl (C=O) groups excluding carboxylic acids is 2. The Kier molecular flexibility index (Phi) is 8.03. The molecule has 1 amide bonds. The van der Waals surface area contributed by atoms with Gasteiger partial charge in [-0.25, -0.2) is 4.79 Å². The quantitative estimate of drug-likeness (QED) is 0.397. The van der Waals surface area contributed by atoms with Crippen molar-refractivity contribution in [1.82, 2.24) is 9.88 Å². The predicted octanol–water partition coefficient (Wildman–Crippen LogP) is 3.71. The van der Waals surface area contributed by atoms with E-state index in [4.69, 9.17) is 9.47 Å². The number of nitrogens with one attached hydrogen (secondary N) is 1. The number of aryl methyl sites for hydroxylation is 1. The van der Waals surface area contributed by atoms with E-state index < -0.39 is 18.5 Å². The van der Waals surface area contributed by atoms with Crippen molar-refractivity contribution in [3.8, 4) is 17.5 Å². The van der Waals surface area contributed by atoms with Gasteiger partial charge in [-0.2, -0.15) is 5.26 Å². The summed E-state index contributed by atoms with van der Waals surface area (Å²) in [6.07, 6.45) is 1.49. The summed E-state index contributed by atoms with van der Waals surface area (Å²) >= 11 is 0. The van der Waals surface area contributed by atoms with Crippen molar-refractivity contribution in [3.63, 3.8) is 0 Å². The highest BCUT2D eigenvalue weighted by Crippen LogP contribution is 2.24. The minimum absolute atomic E-state index is 0.0412. The lowest BCUT2D eigenvalue weighted by Crippen LogP contribution is -2.38. The number of nitrogens with zero attached hydrogens (tertiary/aromatic N) is 2. The molecule has 0 spiro atoms. The van der Waals surface area contributed by atoms with Crippen LogP contribution in [0.15, 0.2) is 35.9 Å². The molecule has 1 aromatic carbocycles. The van der Waals surface area contributed by atoms with E-state index in [0.717, 1.165) is 28.4 Å². The highest BCUT2D eigenvalue weighted by Gasteiger charge is 2.17. The van der Waals surface area contributed by atoms with Gasteiger partial charge in [0.25, 0.3) is 5.91 Å². The molecular weight excluding hydrogens is 394 g/mol. The summed E-state index contributed by atoms with van der Waals surface area (Å²) in [6, 6.07) is 11.3. The lowest BCUT2D eigenvalue weighted by molar-refractivity contribution is -0.144. The number of benzene rings is 1. The third-order valence-electron chi connectivity index (χ3n) is 5.16. The second-order valence-corrected chi connectivity index (χ2v) is 7.71. The molecule has 7 nitrogen and oxygen atoms in total. The first-order chi connectivity index (χ1) is 14.7. The third kappa shape index (κ3) is 5.98. The number of hydrogen-bond donors (Lipinski definition) is 1. The van der Waals surface area contributed by atoms with Crippen molar-refractivity contribution in [3.05, 3.63) is 52.9 Å². The Bertz CT molecular complexity index is 1010. The normalized spacial score (nSPS) is 12.3. The van der Waals surface area contributed by atoms with Crippen molar-refractivity contribution >= 4 is 18.0 Å². The lowest BCUT2D eigenvalue weighted by atomic mass is 10.1. The first-order valence-electron chi connectivity index (χ1n) is 10.1. The highest BCUT2D eigenvalue weighted by molar-refractivity contribution is 5.99. The van der Waals surface area contributed by atoms with Crippen molar-refractivity contribution < 1.29 is 19.1 Å². The van der Waals surface area contributed by atoms with E-state index in [1.54, 1.807) is 7.11 Å². The number of hydrogen-bond acceptors (Lipinski definition) is 5. The van der Waals surface area contributed by atoms with E-state index in [1.807, 2.05) is 75.6 Å². The van der Waals surface area contributed by atoms with Crippen molar-refractivity contribution in [1.29, 1.82) is 5.26 Å². The number of amides is 1. The molecule has 164 valence electrons. The molecule has 0 saturated carbocycles. The maximum absolute atomic E-state index is 12.3. The van der Waals surface area contributed by atoms with Gasteiger partial charge in [-0.3, -0.25) is 4.79 Å². The van der Waals surface area contributed by atoms with Gasteiger partial charge < -0.3 is 19.4 Å². The standard InChI is InChI=1S/C24H29N3O4/c1-15(2)17(4)26-23(28)14-31-24(29)20(13-25)12-19-11-16(3)27(18(19)5)21-7-9-22(30-6)10-8-21/h7-12,15,17H,14H2,1-6H3,(H,26,28)/b20-12+. The van der Waals surface area contributed by atoms with E-state index in [0.29, 0.717) is 0 Å². The fourth-order valence-corrected chi connectivity index (χ4v) is 3.03. The molecule has 1 aromatic heterocycles. The Hall–Kier alpha value is -3.53. The monoisotopic (exact) mass is 423 g/mol. The van der Waals surface area contributed by atoms with E-state index in [9.17, 15) is 14.9 Å². The van der Waals surface area contributed by atoms with Crippen LogP contribution >= 0.6 is 0 Å². The average Bonchev–Trinajstić information content (AvgIpc) is 3.02. The average molecular weight is 424 g/mol. The van der Waals surface area contributed by atoms with Crippen LogP contribution in [-0.4, -0.2) is 36.2 Å². The molecule has 2 rings (SSSR count). The van der Waals surface area contributed by atoms with Gasteiger partial charge in [-0.15, -0.1) is 0 Å². The van der Waals surface area contributed by atoms with Crippen molar-refractivity contribution in [2.24, 2.45) is 5.92 Å². The Balaban J connectivity index is 2.18. The number of rotatable bonds is 8. The summed E-state index contributed by atoms with van der Waals surface area (Å²) in [5, 5.41) is 12.2. The van der Waals surface area contributed by atoms with Crippen LogP contribution < -0.4 is 10.1 Å². The zero-order valence-corrected chi connectivity index (χ0v) is 18.9. The number of esters is 1. The van der Waals surface area contributed by atoms with E-state index in [2.05, 4.69) is 5.32 Å². The number of nitriles is 1. The smallest absolute Gasteiger partial charge is 0.349 e. The first-order valence-corrected chi connectivity index (χ1v) is 10.1. The fraction of sp³-hybridized carbons (Fsp3) is 0.375. The number of carbonyl (C=O) groups is 2. The van der Waals surface area contributed by atoms with Crippen LogP contribution in [0.1, 0.15) is 37.7 Å². The topological polar surface area (TPSA) is 93.3 Å². The van der Waals surface area contributed by atoms with Gasteiger partial charge in [0.15, 0.2) is 6.61 Å². The van der Waals surface area contributed by atoms with Crippen LogP contribution in [0.4, 0.5) is 0 Å². The van der Waals surface area contributed by atoms with Gasteiger partial charge in [-0.05, 0) is 68.7 Å². The molecule has 0 radical (unpaired) electrons. The summed E-state index contributed by atoms with van der Waals surface area (Å²) in [4.78, 5) is 24.3. The van der Waals surface area contributed by atoms with Crippen LogP contribution in [0, 0.1) is 31.1 Å². The van der Waals surface area contributed by atoms with Crippen LogP contribution in [0.3, 0.4) is 0 Å². The lowest BCUT2D eigenvalue weighted by Gasteiger charge is -2.17. The third-order valence-corrected chi connectivity index (χ3v) is 5.16. The Morgan fingerprint density at radius 2 is 1.84 bits per heavy atom. The van der Waals surface area contributed by atoms with Gasteiger partial charge in [0.2, 0.25) is 0 Å². The second-order valence-electron chi connectivity index (χ2n) is 7.71. The van der Waals surface area contributed by atoms with Gasteiger partial charge in [-0.1, -0.05) is 13.8 Å². The maximum atomic E-state index is 12.3. The zero-order chi connectivity index (χ0) is 23.1. The van der Waals surface area contributed by atoms with E-state index in [1.165, 1.54) is 6.08 Å². The Labute approximate surface area is 183 Å². The molecule has 0 fully saturated rings. The molecule has 2 aromatic rings. The van der Waals surface area contributed by atoms with Crippen LogP contribution in [0.2, 0.25) is 0 Å². The first kappa shape index (κ1) is 23.7. The van der Waals surface area contributed by atoms with Gasteiger partial charge in [0.1, 0.15) is 17.4 Å². The van der Waals surface area contributed by atoms with E-state index >= 15 is 0 Å². The van der Waals surface area contributed by atoms with Gasteiger partial charge >= 0.3 is 5.97 Å². The minimum Gasteiger partial charge on any atom is -0.497 e. The highest BCUT2D eigenvalue weighted by atomic mass is 16.5. The predicted molar refractivity (Wildman–Crippen MR) is 119 cm³/mol. The molecule has 0 aliphatic carbocycles. The second kappa shape index (κ2) is 10.5. The minimum atomic E-state index is -0.830. The van der Waals surface area contributed by atoms with Crippen LogP contribution in [0.5, 0.6) is 5.75 Å². The maximum Gasteiger partial charge on any atom is 0.349 e. The largest absolute Gasteiger partial charge is 0.497 e. The summed E-state index contributed by atoms with van der Waals surface area (Å²) in [5.41, 5.74) is 3.31. The van der Waals surface area contributed by atoms with E-state index in [-0.39, 0.29) is 17.5 Å². The van der Waals surface area contributed by atoms with Crippen LogP contribution in [0.25, 0.3) is 11.8 Å². The molecule has 1 N–H and O–H groups in total. The molecule has 1 unspecified atom stereocenters. The van der Waals surface area contributed by atoms with Gasteiger partial charge in [0, 0.05) is 23.1 Å². The number of ether oxygens (including phenoxy) is 2. The molecule has 31 heavy (non-hydrogen) atoms. The van der Waals surface area contributed by atoms with Gasteiger partial charge in [0.05, 0.1) is 7.11 Å². The summed E-state index contributed by atoms with van der Waals surface area (Å²) in [7, 11) is 1.61. The number of methoxy groups -OCH3 is 1. The molecule has 0 saturated heterocycles. The van der Waals surface area contributed by atoms with Crippen molar-refractivity contribution in [2.45, 2.75) is 40.7 Å². The Morgan fingerprint density at radius 1 is 1.19 bits per heavy atom. The molecule has 7 heteroatoms. The van der Waals surface area contributed by atoms with Crippen molar-refractivity contribution in [2.75, 3.05) is 13.7 Å². The summed E-state index contributed by atoms with van der Waals surface area (Å²) < 4.78 is 12.3. The zero-order valence-electron chi connectivity index (χ0n) is 18.9. The fourth-order valence-electron chi connectivity index (χ4n) is 3.03. The Morgan fingerprint density at radius 3 is 2.39 bits per heavy atom. The summed E-state index contributed by atoms with van der Waals surface area (Å²) in [5.74, 6) is -0.212. The molecule has 0 aliphatic heterocycles.